The number of carbonyl (C=O) groups excluding carboxylic acids is 1. The Morgan fingerprint density at radius 1 is 1.02 bits per heavy atom. The normalized spacial score (nSPS) is 17.7. The van der Waals surface area contributed by atoms with Crippen LogP contribution in [0.4, 0.5) is 11.4 Å². The number of amides is 1. The van der Waals surface area contributed by atoms with E-state index in [1.165, 1.54) is 0 Å². The van der Waals surface area contributed by atoms with Crippen molar-refractivity contribution in [3.8, 4) is 0 Å². The van der Waals surface area contributed by atoms with Gasteiger partial charge >= 0.3 is 0 Å². The highest BCUT2D eigenvalue weighted by Gasteiger charge is 2.34. The summed E-state index contributed by atoms with van der Waals surface area (Å²) >= 11 is 6.02. The summed E-state index contributed by atoms with van der Waals surface area (Å²) in [6.07, 6.45) is 2.90. The summed E-state index contributed by atoms with van der Waals surface area (Å²) in [6.45, 7) is 6.70. The first-order valence-corrected chi connectivity index (χ1v) is 14.4. The molecule has 0 spiro atoms. The maximum Gasteiger partial charge on any atom is 0.251 e. The molecule has 0 aliphatic carbocycles. The van der Waals surface area contributed by atoms with E-state index in [1.807, 2.05) is 24.3 Å². The van der Waals surface area contributed by atoms with Crippen molar-refractivity contribution in [2.45, 2.75) is 18.4 Å². The number of nitrogens with one attached hydrogen (secondary N) is 5. The van der Waals surface area contributed by atoms with Crippen molar-refractivity contribution >= 4 is 34.8 Å². The number of hydrogen-bond donors (Lipinski definition) is 6. The molecular weight excluding hydrogens is 540 g/mol. The largest absolute Gasteiger partial charge is 0.385 e. The molecule has 2 aliphatic rings. The second kappa shape index (κ2) is 13.3. The molecule has 2 fully saturated rings. The quantitative estimate of drug-likeness (QED) is 0.189. The predicted molar refractivity (Wildman–Crippen MR) is 163 cm³/mol. The van der Waals surface area contributed by atoms with E-state index in [0.29, 0.717) is 54.2 Å². The Bertz CT molecular complexity index is 1390. The van der Waals surface area contributed by atoms with Crippen molar-refractivity contribution < 1.29 is 9.90 Å². The van der Waals surface area contributed by atoms with Gasteiger partial charge in [-0.25, -0.2) is 0 Å². The fourth-order valence-corrected chi connectivity index (χ4v) is 5.40. The second-order valence-corrected chi connectivity index (χ2v) is 10.9. The Hall–Kier alpha value is -3.70. The van der Waals surface area contributed by atoms with Gasteiger partial charge in [-0.15, -0.1) is 0 Å². The van der Waals surface area contributed by atoms with Gasteiger partial charge in [0.15, 0.2) is 5.49 Å². The lowest BCUT2D eigenvalue weighted by Crippen LogP contribution is -2.46. The van der Waals surface area contributed by atoms with E-state index in [2.05, 4.69) is 35.7 Å². The Labute approximate surface area is 245 Å². The first-order chi connectivity index (χ1) is 19.9. The van der Waals surface area contributed by atoms with E-state index in [0.717, 1.165) is 44.0 Å². The van der Waals surface area contributed by atoms with Gasteiger partial charge in [0.05, 0.1) is 11.3 Å². The monoisotopic (exact) mass is 576 g/mol. The summed E-state index contributed by atoms with van der Waals surface area (Å²) < 4.78 is 0. The molecule has 3 aromatic rings. The molecule has 1 amide bonds. The molecule has 2 saturated heterocycles. The van der Waals surface area contributed by atoms with Crippen LogP contribution in [0.3, 0.4) is 0 Å². The first-order valence-electron chi connectivity index (χ1n) is 14.0. The average molecular weight is 577 g/mol. The van der Waals surface area contributed by atoms with Gasteiger partial charge < -0.3 is 30.9 Å². The zero-order valence-corrected chi connectivity index (χ0v) is 23.8. The van der Waals surface area contributed by atoms with Gasteiger partial charge in [-0.1, -0.05) is 23.7 Å². The van der Waals surface area contributed by atoms with Gasteiger partial charge in [0, 0.05) is 74.8 Å². The maximum atomic E-state index is 12.5. The number of piperidine rings is 1. The Kier molecular flexibility index (Phi) is 9.35. The number of piperazine rings is 1. The van der Waals surface area contributed by atoms with E-state index in [-0.39, 0.29) is 11.9 Å². The number of aromatic nitrogens is 1. The molecular formula is C30H37ClN8O2. The number of aliphatic hydroxyl groups is 1. The SMILES string of the molecule is N=C(/N=c1\[nH]cccc1N1CCC(O)(c2ccc(Cl)cc2)CC1)Nc1ccc(C(=O)NCCN2CCNCC2)cc1. The molecule has 5 rings (SSSR count). The van der Waals surface area contributed by atoms with Crippen LogP contribution in [0.25, 0.3) is 0 Å². The number of guanidine groups is 1. The first kappa shape index (κ1) is 28.8. The molecule has 0 bridgehead atoms. The molecule has 216 valence electrons. The fourth-order valence-electron chi connectivity index (χ4n) is 5.28. The van der Waals surface area contributed by atoms with Crippen LogP contribution in [0.5, 0.6) is 0 Å². The Morgan fingerprint density at radius 2 is 1.73 bits per heavy atom. The lowest BCUT2D eigenvalue weighted by molar-refractivity contribution is 0.0117. The number of anilines is 2. The van der Waals surface area contributed by atoms with Crippen LogP contribution < -0.4 is 26.3 Å². The molecule has 0 atom stereocenters. The van der Waals surface area contributed by atoms with Crippen LogP contribution in [-0.4, -0.2) is 79.2 Å². The average Bonchev–Trinajstić information content (AvgIpc) is 2.99. The number of aromatic amines is 1. The van der Waals surface area contributed by atoms with E-state index in [9.17, 15) is 9.90 Å². The number of hydrogen-bond acceptors (Lipinski definition) is 6. The van der Waals surface area contributed by atoms with Crippen molar-refractivity contribution in [3.63, 3.8) is 0 Å². The summed E-state index contributed by atoms with van der Waals surface area (Å²) in [7, 11) is 0. The zero-order valence-electron chi connectivity index (χ0n) is 23.0. The van der Waals surface area contributed by atoms with E-state index in [4.69, 9.17) is 17.0 Å². The van der Waals surface area contributed by atoms with Crippen LogP contribution in [0.2, 0.25) is 5.02 Å². The highest BCUT2D eigenvalue weighted by molar-refractivity contribution is 6.30. The number of carbonyl (C=O) groups is 1. The highest BCUT2D eigenvalue weighted by atomic mass is 35.5. The molecule has 0 radical (unpaired) electrons. The van der Waals surface area contributed by atoms with E-state index < -0.39 is 5.60 Å². The summed E-state index contributed by atoms with van der Waals surface area (Å²) in [6, 6.07) is 18.3. The van der Waals surface area contributed by atoms with Gasteiger partial charge in [0.1, 0.15) is 0 Å². The summed E-state index contributed by atoms with van der Waals surface area (Å²) in [4.78, 5) is 24.7. The van der Waals surface area contributed by atoms with Crippen LogP contribution in [0.15, 0.2) is 71.9 Å². The molecule has 11 heteroatoms. The molecule has 2 aliphatic heterocycles. The number of benzene rings is 2. The predicted octanol–water partition coefficient (Wildman–Crippen LogP) is 2.74. The molecule has 0 saturated carbocycles. The van der Waals surface area contributed by atoms with Crippen LogP contribution >= 0.6 is 11.6 Å². The molecule has 41 heavy (non-hydrogen) atoms. The second-order valence-electron chi connectivity index (χ2n) is 10.4. The molecule has 0 unspecified atom stereocenters. The van der Waals surface area contributed by atoms with Crippen LogP contribution in [0, 0.1) is 5.41 Å². The van der Waals surface area contributed by atoms with Crippen molar-refractivity contribution in [1.82, 2.24) is 20.5 Å². The van der Waals surface area contributed by atoms with Crippen LogP contribution in [0.1, 0.15) is 28.8 Å². The molecule has 2 aromatic carbocycles. The summed E-state index contributed by atoms with van der Waals surface area (Å²) in [5, 5.41) is 29.6. The third kappa shape index (κ3) is 7.53. The van der Waals surface area contributed by atoms with Gasteiger partial charge in [-0.05, 0) is 66.9 Å². The minimum Gasteiger partial charge on any atom is -0.385 e. The third-order valence-corrected chi connectivity index (χ3v) is 7.93. The topological polar surface area (TPSA) is 132 Å². The summed E-state index contributed by atoms with van der Waals surface area (Å²) in [5.74, 6) is -0.143. The maximum absolute atomic E-state index is 12.5. The Balaban J connectivity index is 1.17. The third-order valence-electron chi connectivity index (χ3n) is 7.68. The Morgan fingerprint density at radius 3 is 2.44 bits per heavy atom. The molecule has 3 heterocycles. The smallest absolute Gasteiger partial charge is 0.251 e. The minimum absolute atomic E-state index is 0.0309. The number of nitrogens with zero attached hydrogens (tertiary/aromatic N) is 3. The number of halogens is 1. The standard InChI is InChI=1S/C30H37ClN8O2/c31-24-7-5-23(6-8-24)30(41)11-17-39(18-12-30)26-2-1-13-34-27(26)37-29(32)36-25-9-3-22(4-10-25)28(40)35-16-21-38-19-14-33-15-20-38/h1-10,13,33,41H,11-12,14-21H2,(H,35,40)(H3,32,34,36,37). The van der Waals surface area contributed by atoms with Gasteiger partial charge in [0.2, 0.25) is 5.96 Å². The molecule has 10 nitrogen and oxygen atoms in total. The van der Waals surface area contributed by atoms with Crippen molar-refractivity contribution in [2.24, 2.45) is 4.99 Å². The fraction of sp³-hybridized carbons (Fsp3) is 0.367. The number of rotatable bonds is 7. The van der Waals surface area contributed by atoms with Crippen LogP contribution in [-0.2, 0) is 5.60 Å². The van der Waals surface area contributed by atoms with E-state index >= 15 is 0 Å². The molecule has 1 aromatic heterocycles. The highest BCUT2D eigenvalue weighted by Crippen LogP contribution is 2.34. The lowest BCUT2D eigenvalue weighted by atomic mass is 9.84. The van der Waals surface area contributed by atoms with Gasteiger partial charge in [-0.3, -0.25) is 15.1 Å². The van der Waals surface area contributed by atoms with Crippen molar-refractivity contribution in [1.29, 1.82) is 5.41 Å². The van der Waals surface area contributed by atoms with Gasteiger partial charge in [-0.2, -0.15) is 4.99 Å². The zero-order chi connectivity index (χ0) is 28.7. The van der Waals surface area contributed by atoms with E-state index in [1.54, 1.807) is 42.6 Å². The lowest BCUT2D eigenvalue weighted by Gasteiger charge is -2.39. The number of pyridine rings is 1. The van der Waals surface area contributed by atoms with Crippen molar-refractivity contribution in [2.75, 3.05) is 62.6 Å². The minimum atomic E-state index is -0.904. The van der Waals surface area contributed by atoms with Crippen molar-refractivity contribution in [3.05, 3.63) is 88.5 Å². The number of H-pyrrole nitrogens is 1. The molecule has 6 N–H and O–H groups in total. The summed E-state index contributed by atoms with van der Waals surface area (Å²) in [5.41, 5.74) is 2.63. The van der Waals surface area contributed by atoms with Gasteiger partial charge in [0.25, 0.3) is 5.91 Å².